The van der Waals surface area contributed by atoms with Gasteiger partial charge in [-0.25, -0.2) is 0 Å². The van der Waals surface area contributed by atoms with Crippen LogP contribution in [0.4, 0.5) is 0 Å². The van der Waals surface area contributed by atoms with E-state index < -0.39 is 0 Å². The maximum Gasteiger partial charge on any atom is 0.0934 e. The van der Waals surface area contributed by atoms with Crippen LogP contribution in [-0.4, -0.2) is 6.54 Å². The predicted molar refractivity (Wildman–Crippen MR) is 49.5 cm³/mol. The molecule has 11 heavy (non-hydrogen) atoms. The fraction of sp³-hybridized carbons (Fsp3) is 0.500. The molecule has 0 saturated carbocycles. The van der Waals surface area contributed by atoms with Crippen LogP contribution in [0.2, 0.25) is 4.34 Å². The van der Waals surface area contributed by atoms with Gasteiger partial charge in [0.05, 0.1) is 4.34 Å². The second-order valence-corrected chi connectivity index (χ2v) is 4.62. The lowest BCUT2D eigenvalue weighted by atomic mass is 10.0. The van der Waals surface area contributed by atoms with Gasteiger partial charge in [-0.15, -0.1) is 11.3 Å². The van der Waals surface area contributed by atoms with Crippen molar-refractivity contribution in [3.63, 3.8) is 0 Å². The highest BCUT2D eigenvalue weighted by Crippen LogP contribution is 2.33. The van der Waals surface area contributed by atoms with Gasteiger partial charge in [0.1, 0.15) is 0 Å². The number of nitrogens with one attached hydrogen (secondary N) is 1. The van der Waals surface area contributed by atoms with E-state index in [1.165, 1.54) is 10.4 Å². The average Bonchev–Trinajstić information content (AvgIpc) is 2.31. The van der Waals surface area contributed by atoms with E-state index in [9.17, 15) is 0 Å². The highest BCUT2D eigenvalue weighted by Gasteiger charge is 2.17. The van der Waals surface area contributed by atoms with Crippen LogP contribution >= 0.6 is 22.9 Å². The number of rotatable bonds is 0. The van der Waals surface area contributed by atoms with Crippen molar-refractivity contribution in [3.05, 3.63) is 20.8 Å². The lowest BCUT2D eigenvalue weighted by Crippen LogP contribution is -2.26. The smallest absolute Gasteiger partial charge is 0.0934 e. The van der Waals surface area contributed by atoms with Crippen LogP contribution in [0.25, 0.3) is 0 Å². The monoisotopic (exact) mass is 187 g/mol. The summed E-state index contributed by atoms with van der Waals surface area (Å²) in [7, 11) is 0. The Hall–Kier alpha value is -0.0500. The summed E-state index contributed by atoms with van der Waals surface area (Å²) in [5.74, 6) is 0. The first-order chi connectivity index (χ1) is 5.27. The molecule has 1 atom stereocenters. The zero-order valence-corrected chi connectivity index (χ0v) is 7.93. The minimum Gasteiger partial charge on any atom is -0.310 e. The first kappa shape index (κ1) is 7.59. The lowest BCUT2D eigenvalue weighted by Gasteiger charge is -2.19. The van der Waals surface area contributed by atoms with Gasteiger partial charge in [0.25, 0.3) is 0 Å². The summed E-state index contributed by atoms with van der Waals surface area (Å²) in [6.45, 7) is 3.27. The number of thiophene rings is 1. The molecule has 1 N–H and O–H groups in total. The fourth-order valence-corrected chi connectivity index (χ4v) is 2.86. The van der Waals surface area contributed by atoms with Crippen molar-refractivity contribution in [1.82, 2.24) is 5.32 Å². The number of hydrogen-bond donors (Lipinski definition) is 1. The van der Waals surface area contributed by atoms with E-state index >= 15 is 0 Å². The highest BCUT2D eigenvalue weighted by atomic mass is 35.5. The van der Waals surface area contributed by atoms with Crippen molar-refractivity contribution < 1.29 is 0 Å². The summed E-state index contributed by atoms with van der Waals surface area (Å²) >= 11 is 7.63. The molecule has 1 unspecified atom stereocenters. The molecule has 0 saturated heterocycles. The average molecular weight is 188 g/mol. The molecule has 1 aliphatic heterocycles. The minimum absolute atomic E-state index is 0.488. The molecule has 0 aliphatic carbocycles. The third-order valence-corrected chi connectivity index (χ3v) is 3.42. The third kappa shape index (κ3) is 1.31. The van der Waals surface area contributed by atoms with Crippen LogP contribution in [-0.2, 0) is 6.42 Å². The maximum absolute atomic E-state index is 5.91. The van der Waals surface area contributed by atoms with Gasteiger partial charge in [-0.05, 0) is 25.0 Å². The summed E-state index contributed by atoms with van der Waals surface area (Å²) in [4.78, 5) is 1.46. The number of hydrogen-bond acceptors (Lipinski definition) is 2. The van der Waals surface area contributed by atoms with Gasteiger partial charge in [-0.2, -0.15) is 0 Å². The van der Waals surface area contributed by atoms with Gasteiger partial charge >= 0.3 is 0 Å². The van der Waals surface area contributed by atoms with E-state index in [1.807, 2.05) is 0 Å². The van der Waals surface area contributed by atoms with Crippen molar-refractivity contribution in [2.45, 2.75) is 19.4 Å². The van der Waals surface area contributed by atoms with Gasteiger partial charge in [-0.1, -0.05) is 11.6 Å². The fourth-order valence-electron chi connectivity index (χ4n) is 1.48. The summed E-state index contributed by atoms with van der Waals surface area (Å²) in [6, 6.07) is 2.57. The second-order valence-electron chi connectivity index (χ2n) is 2.85. The molecule has 1 aromatic heterocycles. The van der Waals surface area contributed by atoms with Gasteiger partial charge in [0, 0.05) is 17.5 Å². The molecule has 0 spiro atoms. The predicted octanol–water partition coefficient (Wildman–Crippen LogP) is 2.61. The molecule has 60 valence electrons. The Morgan fingerprint density at radius 3 is 3.27 bits per heavy atom. The number of fused-ring (bicyclic) bond motifs is 1. The van der Waals surface area contributed by atoms with Gasteiger partial charge in [-0.3, -0.25) is 0 Å². The number of halogens is 1. The van der Waals surface area contributed by atoms with Crippen molar-refractivity contribution in [1.29, 1.82) is 0 Å². The Kier molecular flexibility index (Phi) is 1.91. The third-order valence-electron chi connectivity index (χ3n) is 2.08. The summed E-state index contributed by atoms with van der Waals surface area (Å²) in [5, 5.41) is 3.40. The zero-order valence-electron chi connectivity index (χ0n) is 6.36. The standard InChI is InChI=1S/C8H10ClNS/c1-5-6-4-8(9)11-7(6)2-3-10-5/h4-5,10H,2-3H2,1H3. The molecule has 2 heterocycles. The molecule has 1 aliphatic rings. The quantitative estimate of drug-likeness (QED) is 0.659. The Labute approximate surface area is 75.4 Å². The molecule has 0 bridgehead atoms. The molecule has 0 amide bonds. The maximum atomic E-state index is 5.91. The van der Waals surface area contributed by atoms with E-state index in [-0.39, 0.29) is 0 Å². The Morgan fingerprint density at radius 1 is 1.73 bits per heavy atom. The molecule has 0 aromatic carbocycles. The van der Waals surface area contributed by atoms with Crippen molar-refractivity contribution >= 4 is 22.9 Å². The Balaban J connectivity index is 2.43. The molecular formula is C8H10ClNS. The first-order valence-corrected chi connectivity index (χ1v) is 4.98. The SMILES string of the molecule is CC1NCCc2sc(Cl)cc21. The lowest BCUT2D eigenvalue weighted by molar-refractivity contribution is 0.547. The van der Waals surface area contributed by atoms with Crippen LogP contribution in [0.5, 0.6) is 0 Å². The van der Waals surface area contributed by atoms with E-state index in [0.717, 1.165) is 17.3 Å². The van der Waals surface area contributed by atoms with Crippen LogP contribution in [0.3, 0.4) is 0 Å². The zero-order chi connectivity index (χ0) is 7.84. The van der Waals surface area contributed by atoms with Crippen LogP contribution < -0.4 is 5.32 Å². The summed E-state index contributed by atoms with van der Waals surface area (Å²) in [5.41, 5.74) is 1.39. The summed E-state index contributed by atoms with van der Waals surface area (Å²) < 4.78 is 0.922. The van der Waals surface area contributed by atoms with Crippen LogP contribution in [0, 0.1) is 0 Å². The molecule has 3 heteroatoms. The molecule has 0 fully saturated rings. The Morgan fingerprint density at radius 2 is 2.55 bits per heavy atom. The molecule has 1 aromatic rings. The van der Waals surface area contributed by atoms with E-state index in [2.05, 4.69) is 18.3 Å². The minimum atomic E-state index is 0.488. The molecular weight excluding hydrogens is 178 g/mol. The Bertz CT molecular complexity index is 269. The van der Waals surface area contributed by atoms with E-state index in [1.54, 1.807) is 11.3 Å². The van der Waals surface area contributed by atoms with Gasteiger partial charge in [0.2, 0.25) is 0 Å². The van der Waals surface area contributed by atoms with Gasteiger partial charge < -0.3 is 5.32 Å². The van der Waals surface area contributed by atoms with Gasteiger partial charge in [0.15, 0.2) is 0 Å². The van der Waals surface area contributed by atoms with Crippen molar-refractivity contribution in [3.8, 4) is 0 Å². The topological polar surface area (TPSA) is 12.0 Å². The van der Waals surface area contributed by atoms with E-state index in [0.29, 0.717) is 6.04 Å². The highest BCUT2D eigenvalue weighted by molar-refractivity contribution is 7.16. The molecule has 2 rings (SSSR count). The summed E-state index contributed by atoms with van der Waals surface area (Å²) in [6.07, 6.45) is 1.14. The first-order valence-electron chi connectivity index (χ1n) is 3.79. The largest absolute Gasteiger partial charge is 0.310 e. The van der Waals surface area contributed by atoms with Crippen LogP contribution in [0.1, 0.15) is 23.4 Å². The van der Waals surface area contributed by atoms with Crippen molar-refractivity contribution in [2.75, 3.05) is 6.54 Å². The van der Waals surface area contributed by atoms with Crippen molar-refractivity contribution in [2.24, 2.45) is 0 Å². The normalized spacial score (nSPS) is 23.3. The second kappa shape index (κ2) is 2.77. The molecule has 1 nitrogen and oxygen atoms in total. The van der Waals surface area contributed by atoms with Crippen LogP contribution in [0.15, 0.2) is 6.07 Å². The van der Waals surface area contributed by atoms with E-state index in [4.69, 9.17) is 11.6 Å². The molecule has 0 radical (unpaired) electrons.